The van der Waals surface area contributed by atoms with Gasteiger partial charge in [0.1, 0.15) is 16.3 Å². The van der Waals surface area contributed by atoms with Gasteiger partial charge in [-0.25, -0.2) is 9.59 Å². The van der Waals surface area contributed by atoms with Crippen LogP contribution >= 0.6 is 11.3 Å². The summed E-state index contributed by atoms with van der Waals surface area (Å²) in [5.41, 5.74) is 0.462. The van der Waals surface area contributed by atoms with Gasteiger partial charge in [-0.05, 0) is 39.7 Å². The van der Waals surface area contributed by atoms with Crippen LogP contribution in [0.25, 0.3) is 5.70 Å². The van der Waals surface area contributed by atoms with Crippen LogP contribution in [0.3, 0.4) is 0 Å². The molecule has 8 heteroatoms. The number of nitrogens with zero attached hydrogens (tertiary/aromatic N) is 2. The van der Waals surface area contributed by atoms with Crippen LogP contribution in [0.2, 0.25) is 0 Å². The third kappa shape index (κ3) is 5.59. The highest BCUT2D eigenvalue weighted by atomic mass is 32.1. The molecule has 27 heavy (non-hydrogen) atoms. The molecule has 0 bridgehead atoms. The third-order valence-corrected chi connectivity index (χ3v) is 4.50. The molecule has 144 valence electrons. The van der Waals surface area contributed by atoms with Gasteiger partial charge in [0, 0.05) is 36.2 Å². The van der Waals surface area contributed by atoms with Crippen molar-refractivity contribution in [3.05, 3.63) is 28.0 Å². The van der Waals surface area contributed by atoms with E-state index >= 15 is 0 Å². The zero-order chi connectivity index (χ0) is 20.2. The lowest BCUT2D eigenvalue weighted by atomic mass is 10.2. The molecule has 0 aliphatic heterocycles. The zero-order valence-electron chi connectivity index (χ0n) is 15.8. The minimum absolute atomic E-state index is 0.0268. The number of amides is 1. The molecule has 1 amide bonds. The van der Waals surface area contributed by atoms with E-state index in [-0.39, 0.29) is 10.9 Å². The smallest absolute Gasteiger partial charge is 0.416 e. The maximum Gasteiger partial charge on any atom is 0.416 e. The number of aliphatic imine (C=N–C) groups is 1. The summed E-state index contributed by atoms with van der Waals surface area (Å²) in [6.07, 6.45) is 8.28. The fourth-order valence-corrected chi connectivity index (χ4v) is 3.05. The van der Waals surface area contributed by atoms with E-state index in [9.17, 15) is 9.59 Å². The number of carboxylic acid groups (broad SMARTS) is 1. The normalized spacial score (nSPS) is 15.1. The molecule has 0 unspecified atom stereocenters. The minimum Gasteiger partial charge on any atom is -0.477 e. The van der Waals surface area contributed by atoms with Crippen LogP contribution in [0.5, 0.6) is 0 Å². The van der Waals surface area contributed by atoms with Gasteiger partial charge in [0.25, 0.3) is 0 Å². The Morgan fingerprint density at radius 3 is 2.59 bits per heavy atom. The summed E-state index contributed by atoms with van der Waals surface area (Å²) in [6, 6.07) is 3.88. The van der Waals surface area contributed by atoms with Gasteiger partial charge in [-0.3, -0.25) is 9.89 Å². The number of ether oxygens (including phenoxy) is 1. The molecule has 0 saturated heterocycles. The van der Waals surface area contributed by atoms with Gasteiger partial charge in [0.2, 0.25) is 0 Å². The lowest BCUT2D eigenvalue weighted by Gasteiger charge is -2.27. The van der Waals surface area contributed by atoms with E-state index in [0.717, 1.165) is 24.2 Å². The maximum absolute atomic E-state index is 12.7. The highest BCUT2D eigenvalue weighted by Crippen LogP contribution is 2.30. The first kappa shape index (κ1) is 20.5. The number of amidine groups is 1. The van der Waals surface area contributed by atoms with Gasteiger partial charge in [-0.2, -0.15) is 0 Å². The van der Waals surface area contributed by atoms with Crippen LogP contribution in [0.15, 0.2) is 22.5 Å². The second-order valence-corrected chi connectivity index (χ2v) is 7.91. The van der Waals surface area contributed by atoms with Crippen molar-refractivity contribution >= 4 is 34.9 Å². The number of aromatic carboxylic acids is 1. The summed E-state index contributed by atoms with van der Waals surface area (Å²) in [6.45, 7) is 5.41. The number of hydrogen-bond donors (Lipinski definition) is 2. The average Bonchev–Trinajstić information content (AvgIpc) is 3.25. The van der Waals surface area contributed by atoms with Crippen molar-refractivity contribution in [2.45, 2.75) is 45.3 Å². The summed E-state index contributed by atoms with van der Waals surface area (Å²) in [7, 11) is 1.58. The molecule has 2 rings (SSSR count). The first-order valence-electron chi connectivity index (χ1n) is 8.40. The van der Waals surface area contributed by atoms with E-state index in [2.05, 4.69) is 16.4 Å². The van der Waals surface area contributed by atoms with E-state index in [1.54, 1.807) is 39.3 Å². The highest BCUT2D eigenvalue weighted by molar-refractivity contribution is 7.12. The second-order valence-electron chi connectivity index (χ2n) is 7.00. The van der Waals surface area contributed by atoms with Crippen molar-refractivity contribution in [1.82, 2.24) is 10.2 Å². The number of carbonyl (C=O) groups is 2. The van der Waals surface area contributed by atoms with Gasteiger partial charge in [-0.15, -0.1) is 11.3 Å². The molecule has 7 nitrogen and oxygen atoms in total. The van der Waals surface area contributed by atoms with E-state index in [1.807, 2.05) is 0 Å². The summed E-state index contributed by atoms with van der Waals surface area (Å²) in [5.74, 6) is -0.614. The molecule has 0 radical (unpaired) electrons. The summed E-state index contributed by atoms with van der Waals surface area (Å²) >= 11 is 1.09. The molecule has 1 heterocycles. The second kappa shape index (κ2) is 8.27. The van der Waals surface area contributed by atoms with E-state index in [0.29, 0.717) is 17.1 Å². The summed E-state index contributed by atoms with van der Waals surface area (Å²) in [4.78, 5) is 29.8. The Morgan fingerprint density at radius 1 is 1.48 bits per heavy atom. The monoisotopic (exact) mass is 389 g/mol. The van der Waals surface area contributed by atoms with Crippen molar-refractivity contribution in [2.75, 3.05) is 7.05 Å². The predicted molar refractivity (Wildman–Crippen MR) is 106 cm³/mol. The van der Waals surface area contributed by atoms with Crippen LogP contribution in [-0.4, -0.2) is 46.6 Å². The summed E-state index contributed by atoms with van der Waals surface area (Å²) in [5, 5.41) is 13.6. The minimum atomic E-state index is -1.01. The molecule has 1 fully saturated rings. The molecule has 0 aromatic carbocycles. The maximum atomic E-state index is 12.7. The van der Waals surface area contributed by atoms with Crippen LogP contribution in [0, 0.1) is 12.5 Å². The van der Waals surface area contributed by atoms with E-state index < -0.39 is 17.7 Å². The summed E-state index contributed by atoms with van der Waals surface area (Å²) < 4.78 is 5.51. The van der Waals surface area contributed by atoms with Gasteiger partial charge < -0.3 is 15.2 Å². The molecule has 1 aliphatic rings. The first-order valence-corrected chi connectivity index (χ1v) is 9.28. The largest absolute Gasteiger partial charge is 0.477 e. The van der Waals surface area contributed by atoms with Crippen LogP contribution in [-0.2, 0) is 4.74 Å². The molecular formula is C19H23N3O4S. The standard InChI is InChI=1S/C19H23N3O4S/c1-6-21-14(12-9-15(17(23)24)27-11-12)10-16(20-5)22(13-7-8-13)18(25)26-19(2,3)4/h1,9-11,13,21H,7-8H2,2-5H3,(H,23,24). The Hall–Kier alpha value is -2.79. The van der Waals surface area contributed by atoms with Gasteiger partial charge >= 0.3 is 12.1 Å². The third-order valence-electron chi connectivity index (χ3n) is 3.58. The quantitative estimate of drug-likeness (QED) is 0.349. The van der Waals surface area contributed by atoms with Crippen LogP contribution in [0.1, 0.15) is 48.8 Å². The SMILES string of the molecule is C#CNC(=CC(=NC)N(C(=O)OC(C)(C)C)C1CC1)c1csc(C(=O)O)c1. The number of carbonyl (C=O) groups excluding carboxylic acids is 1. The highest BCUT2D eigenvalue weighted by Gasteiger charge is 2.37. The molecule has 1 aromatic heterocycles. The molecule has 1 saturated carbocycles. The Balaban J connectivity index is 2.37. The predicted octanol–water partition coefficient (Wildman–Crippen LogP) is 3.40. The molecule has 1 aliphatic carbocycles. The van der Waals surface area contributed by atoms with E-state index in [1.165, 1.54) is 11.0 Å². The van der Waals surface area contributed by atoms with Gasteiger partial charge in [0.15, 0.2) is 0 Å². The van der Waals surface area contributed by atoms with E-state index in [4.69, 9.17) is 16.3 Å². The fourth-order valence-electron chi connectivity index (χ4n) is 2.30. The molecule has 0 atom stereocenters. The average molecular weight is 389 g/mol. The molecule has 2 N–H and O–H groups in total. The fraction of sp³-hybridized carbons (Fsp3) is 0.421. The molecular weight excluding hydrogens is 366 g/mol. The first-order chi connectivity index (χ1) is 12.7. The van der Waals surface area contributed by atoms with Crippen molar-refractivity contribution in [3.8, 4) is 12.5 Å². The number of thiophene rings is 1. The van der Waals surface area contributed by atoms with Crippen LogP contribution in [0.4, 0.5) is 4.79 Å². The van der Waals surface area contributed by atoms with Crippen molar-refractivity contribution in [2.24, 2.45) is 4.99 Å². The Labute approximate surface area is 162 Å². The van der Waals surface area contributed by atoms with Gasteiger partial charge in [-0.1, -0.05) is 6.42 Å². The zero-order valence-corrected chi connectivity index (χ0v) is 16.6. The Kier molecular flexibility index (Phi) is 6.28. The number of carboxylic acids is 1. The van der Waals surface area contributed by atoms with Gasteiger partial charge in [0.05, 0.1) is 5.70 Å². The number of rotatable bonds is 5. The lowest BCUT2D eigenvalue weighted by molar-refractivity contribution is 0.0360. The van der Waals surface area contributed by atoms with Crippen molar-refractivity contribution in [1.29, 1.82) is 0 Å². The Bertz CT molecular complexity index is 823. The topological polar surface area (TPSA) is 91.2 Å². The lowest BCUT2D eigenvalue weighted by Crippen LogP contribution is -2.42. The van der Waals surface area contributed by atoms with Crippen LogP contribution < -0.4 is 5.32 Å². The Morgan fingerprint density at radius 2 is 2.15 bits per heavy atom. The molecule has 0 spiro atoms. The number of nitrogens with one attached hydrogen (secondary N) is 1. The van der Waals surface area contributed by atoms with Crippen molar-refractivity contribution < 1.29 is 19.4 Å². The number of hydrogen-bond acceptors (Lipinski definition) is 6. The molecule has 1 aromatic rings. The van der Waals surface area contributed by atoms with Crippen molar-refractivity contribution in [3.63, 3.8) is 0 Å². The number of terminal acetylenes is 1.